The second kappa shape index (κ2) is 8.75. The van der Waals surface area contributed by atoms with Gasteiger partial charge in [-0.1, -0.05) is 12.1 Å². The zero-order chi connectivity index (χ0) is 19.2. The maximum Gasteiger partial charge on any atom is 0.319 e. The maximum atomic E-state index is 12.5. The van der Waals surface area contributed by atoms with Crippen molar-refractivity contribution in [1.29, 1.82) is 0 Å². The predicted octanol–water partition coefficient (Wildman–Crippen LogP) is 4.21. The highest BCUT2D eigenvalue weighted by Gasteiger charge is 2.33. The summed E-state index contributed by atoms with van der Waals surface area (Å²) < 4.78 is 5.22. The number of carbonyl (C=O) groups excluding carboxylic acids is 1. The average Bonchev–Trinajstić information content (AvgIpc) is 3.54. The summed E-state index contributed by atoms with van der Waals surface area (Å²) >= 11 is 0. The van der Waals surface area contributed by atoms with E-state index >= 15 is 0 Å². The quantitative estimate of drug-likeness (QED) is 0.732. The van der Waals surface area contributed by atoms with Crippen molar-refractivity contribution in [2.75, 3.05) is 30.4 Å². The average molecular weight is 368 g/mol. The number of nitrogens with one attached hydrogen (secondary N) is 2. The van der Waals surface area contributed by atoms with Crippen LogP contribution in [0.1, 0.15) is 38.3 Å². The molecule has 144 valence electrons. The standard InChI is InChI=1S/C21H28N4O2/c1-4-25(5-2)19-13-10-17(14-22-19)23-21(26)24-20(15-6-7-15)16-8-11-18(27-3)12-9-16/h8-15,20H,4-7H2,1-3H3,(H2,23,24,26)/t20-/m1/s1. The minimum Gasteiger partial charge on any atom is -0.497 e. The van der Waals surface area contributed by atoms with E-state index in [0.29, 0.717) is 11.6 Å². The molecule has 0 radical (unpaired) electrons. The Hall–Kier alpha value is -2.76. The number of anilines is 2. The van der Waals surface area contributed by atoms with E-state index in [9.17, 15) is 4.79 Å². The normalized spacial score (nSPS) is 14.3. The Morgan fingerprint density at radius 1 is 1.19 bits per heavy atom. The molecule has 0 bridgehead atoms. The molecule has 1 heterocycles. The van der Waals surface area contributed by atoms with E-state index in [4.69, 9.17) is 4.74 Å². The fraction of sp³-hybridized carbons (Fsp3) is 0.429. The zero-order valence-electron chi connectivity index (χ0n) is 16.2. The molecule has 1 aliphatic carbocycles. The second-order valence-corrected chi connectivity index (χ2v) is 6.76. The molecular weight excluding hydrogens is 340 g/mol. The van der Waals surface area contributed by atoms with Crippen LogP contribution in [0.5, 0.6) is 5.75 Å². The molecule has 2 aromatic rings. The molecule has 1 atom stereocenters. The third-order valence-electron chi connectivity index (χ3n) is 4.95. The number of hydrogen-bond acceptors (Lipinski definition) is 4. The van der Waals surface area contributed by atoms with Crippen molar-refractivity contribution in [3.63, 3.8) is 0 Å². The Bertz CT molecular complexity index is 738. The first-order valence-electron chi connectivity index (χ1n) is 9.57. The van der Waals surface area contributed by atoms with Crippen LogP contribution in [-0.4, -0.2) is 31.2 Å². The first kappa shape index (κ1) is 19.0. The van der Waals surface area contributed by atoms with Crippen LogP contribution in [0.25, 0.3) is 0 Å². The third kappa shape index (κ3) is 4.90. The van der Waals surface area contributed by atoms with E-state index in [-0.39, 0.29) is 12.1 Å². The number of aromatic nitrogens is 1. The summed E-state index contributed by atoms with van der Waals surface area (Å²) in [5, 5.41) is 6.01. The van der Waals surface area contributed by atoms with Gasteiger partial charge in [0.15, 0.2) is 0 Å². The van der Waals surface area contributed by atoms with Crippen molar-refractivity contribution < 1.29 is 9.53 Å². The fourth-order valence-corrected chi connectivity index (χ4v) is 3.22. The number of urea groups is 1. The largest absolute Gasteiger partial charge is 0.497 e. The minimum absolute atomic E-state index is 0.0128. The molecule has 0 unspecified atom stereocenters. The highest BCUT2D eigenvalue weighted by atomic mass is 16.5. The Morgan fingerprint density at radius 2 is 1.89 bits per heavy atom. The summed E-state index contributed by atoms with van der Waals surface area (Å²) in [6, 6.07) is 11.5. The van der Waals surface area contributed by atoms with Gasteiger partial charge in [0.1, 0.15) is 11.6 Å². The molecule has 1 aromatic heterocycles. The summed E-state index contributed by atoms with van der Waals surface area (Å²) in [5.41, 5.74) is 1.79. The highest BCUT2D eigenvalue weighted by Crippen LogP contribution is 2.41. The topological polar surface area (TPSA) is 66.5 Å². The molecular formula is C21H28N4O2. The summed E-state index contributed by atoms with van der Waals surface area (Å²) in [5.74, 6) is 2.23. The van der Waals surface area contributed by atoms with E-state index in [2.05, 4.69) is 34.4 Å². The monoisotopic (exact) mass is 368 g/mol. The fourth-order valence-electron chi connectivity index (χ4n) is 3.22. The number of pyridine rings is 1. The number of nitrogens with zero attached hydrogens (tertiary/aromatic N) is 2. The van der Waals surface area contributed by atoms with Crippen LogP contribution in [0.15, 0.2) is 42.6 Å². The van der Waals surface area contributed by atoms with Crippen LogP contribution >= 0.6 is 0 Å². The van der Waals surface area contributed by atoms with Crippen LogP contribution in [0, 0.1) is 5.92 Å². The van der Waals surface area contributed by atoms with Gasteiger partial charge in [-0.25, -0.2) is 9.78 Å². The Labute approximate surface area is 160 Å². The molecule has 0 saturated heterocycles. The molecule has 1 aromatic carbocycles. The zero-order valence-corrected chi connectivity index (χ0v) is 16.2. The van der Waals surface area contributed by atoms with Gasteiger partial charge in [-0.3, -0.25) is 0 Å². The summed E-state index contributed by atoms with van der Waals surface area (Å²) in [7, 11) is 1.65. The van der Waals surface area contributed by atoms with Gasteiger partial charge in [0.05, 0.1) is 25.0 Å². The lowest BCUT2D eigenvalue weighted by molar-refractivity contribution is 0.247. The lowest BCUT2D eigenvalue weighted by Crippen LogP contribution is -2.33. The lowest BCUT2D eigenvalue weighted by atomic mass is 10.0. The Kier molecular flexibility index (Phi) is 6.16. The number of benzene rings is 1. The molecule has 0 spiro atoms. The van der Waals surface area contributed by atoms with Crippen LogP contribution in [-0.2, 0) is 0 Å². The van der Waals surface area contributed by atoms with Crippen LogP contribution < -0.4 is 20.3 Å². The van der Waals surface area contributed by atoms with Crippen LogP contribution in [0.3, 0.4) is 0 Å². The number of ether oxygens (including phenoxy) is 1. The molecule has 1 aliphatic rings. The van der Waals surface area contributed by atoms with E-state index in [1.807, 2.05) is 36.4 Å². The molecule has 2 N–H and O–H groups in total. The summed E-state index contributed by atoms with van der Waals surface area (Å²) in [6.07, 6.45) is 3.97. The van der Waals surface area contributed by atoms with Gasteiger partial charge in [-0.15, -0.1) is 0 Å². The Balaban J connectivity index is 1.62. The third-order valence-corrected chi connectivity index (χ3v) is 4.95. The van der Waals surface area contributed by atoms with Gasteiger partial charge < -0.3 is 20.3 Å². The first-order chi connectivity index (χ1) is 13.1. The minimum atomic E-state index is -0.208. The smallest absolute Gasteiger partial charge is 0.319 e. The molecule has 3 rings (SSSR count). The molecule has 0 aliphatic heterocycles. The lowest BCUT2D eigenvalue weighted by Gasteiger charge is -2.21. The molecule has 1 fully saturated rings. The van der Waals surface area contributed by atoms with Crippen LogP contribution in [0.4, 0.5) is 16.3 Å². The van der Waals surface area contributed by atoms with Crippen molar-refractivity contribution in [3.05, 3.63) is 48.2 Å². The van der Waals surface area contributed by atoms with Crippen molar-refractivity contribution in [1.82, 2.24) is 10.3 Å². The van der Waals surface area contributed by atoms with Crippen LogP contribution in [0.2, 0.25) is 0 Å². The van der Waals surface area contributed by atoms with Gasteiger partial charge in [-0.2, -0.15) is 0 Å². The number of amides is 2. The van der Waals surface area contributed by atoms with E-state index in [1.54, 1.807) is 13.3 Å². The van der Waals surface area contributed by atoms with Gasteiger partial charge in [0.2, 0.25) is 0 Å². The van der Waals surface area contributed by atoms with Crippen molar-refractivity contribution in [2.45, 2.75) is 32.7 Å². The van der Waals surface area contributed by atoms with Gasteiger partial charge >= 0.3 is 6.03 Å². The maximum absolute atomic E-state index is 12.5. The van der Waals surface area contributed by atoms with Gasteiger partial charge in [-0.05, 0) is 62.4 Å². The SMILES string of the molecule is CCN(CC)c1ccc(NC(=O)N[C@@H](c2ccc(OC)cc2)C2CC2)cn1. The van der Waals surface area contributed by atoms with E-state index in [1.165, 1.54) is 0 Å². The number of carbonyl (C=O) groups is 1. The first-order valence-corrected chi connectivity index (χ1v) is 9.57. The highest BCUT2D eigenvalue weighted by molar-refractivity contribution is 5.89. The molecule has 27 heavy (non-hydrogen) atoms. The number of hydrogen-bond donors (Lipinski definition) is 2. The van der Waals surface area contributed by atoms with Crippen molar-refractivity contribution >= 4 is 17.5 Å². The van der Waals surface area contributed by atoms with Gasteiger partial charge in [0, 0.05) is 13.1 Å². The van der Waals surface area contributed by atoms with E-state index < -0.39 is 0 Å². The molecule has 2 amide bonds. The molecule has 1 saturated carbocycles. The van der Waals surface area contributed by atoms with Gasteiger partial charge in [0.25, 0.3) is 0 Å². The molecule has 6 nitrogen and oxygen atoms in total. The summed E-state index contributed by atoms with van der Waals surface area (Å²) in [6.45, 7) is 6.01. The number of methoxy groups -OCH3 is 1. The van der Waals surface area contributed by atoms with Crippen molar-refractivity contribution in [2.24, 2.45) is 5.92 Å². The Morgan fingerprint density at radius 3 is 2.41 bits per heavy atom. The molecule has 6 heteroatoms. The summed E-state index contributed by atoms with van der Waals surface area (Å²) in [4.78, 5) is 19.1. The number of rotatable bonds is 8. The predicted molar refractivity (Wildman–Crippen MR) is 108 cm³/mol. The van der Waals surface area contributed by atoms with Crippen molar-refractivity contribution in [3.8, 4) is 5.75 Å². The van der Waals surface area contributed by atoms with E-state index in [0.717, 1.165) is 43.1 Å². The second-order valence-electron chi connectivity index (χ2n) is 6.76.